The minimum absolute atomic E-state index is 0.235. The van der Waals surface area contributed by atoms with Crippen LogP contribution >= 0.6 is 0 Å². The van der Waals surface area contributed by atoms with E-state index in [1.807, 2.05) is 50.5 Å². The van der Waals surface area contributed by atoms with Crippen LogP contribution in [-0.4, -0.2) is 70.0 Å². The van der Waals surface area contributed by atoms with Crippen molar-refractivity contribution in [2.75, 3.05) is 23.3 Å². The van der Waals surface area contributed by atoms with Crippen molar-refractivity contribution in [3.8, 4) is 17.2 Å². The highest BCUT2D eigenvalue weighted by Gasteiger charge is 2.44. The van der Waals surface area contributed by atoms with Crippen LogP contribution in [0, 0.1) is 19.7 Å². The molecule has 1 aliphatic carbocycles. The molecule has 43 heavy (non-hydrogen) atoms. The molecule has 12 heteroatoms. The van der Waals surface area contributed by atoms with E-state index in [9.17, 15) is 4.39 Å². The van der Waals surface area contributed by atoms with Gasteiger partial charge in [-0.1, -0.05) is 6.07 Å². The number of piperidine rings is 1. The number of nitrogens with zero attached hydrogens (tertiary/aromatic N) is 9. The van der Waals surface area contributed by atoms with Gasteiger partial charge >= 0.3 is 0 Å². The molecule has 2 N–H and O–H groups in total. The van der Waals surface area contributed by atoms with Crippen LogP contribution in [0.1, 0.15) is 47.8 Å². The van der Waals surface area contributed by atoms with Gasteiger partial charge in [-0.05, 0) is 56.9 Å². The van der Waals surface area contributed by atoms with Gasteiger partial charge in [-0.3, -0.25) is 10.00 Å². The summed E-state index contributed by atoms with van der Waals surface area (Å²) in [6.07, 6.45) is 8.29. The van der Waals surface area contributed by atoms with Crippen molar-refractivity contribution in [2.24, 2.45) is 0 Å². The van der Waals surface area contributed by atoms with Crippen molar-refractivity contribution >= 4 is 17.5 Å². The number of nitrogens with one attached hydrogen (secondary N) is 2. The third-order valence-corrected chi connectivity index (χ3v) is 8.61. The van der Waals surface area contributed by atoms with Gasteiger partial charge in [0.25, 0.3) is 0 Å². The van der Waals surface area contributed by atoms with Gasteiger partial charge in [0.1, 0.15) is 11.6 Å². The number of hydrogen-bond acceptors (Lipinski definition) is 9. The number of H-pyrrole nitrogens is 1. The molecule has 0 spiro atoms. The van der Waals surface area contributed by atoms with Gasteiger partial charge in [-0.15, -0.1) is 0 Å². The molecule has 2 bridgehead atoms. The van der Waals surface area contributed by atoms with Crippen molar-refractivity contribution in [2.45, 2.75) is 57.7 Å². The molecule has 4 fully saturated rings. The quantitative estimate of drug-likeness (QED) is 0.271. The Bertz CT molecular complexity index is 1760. The normalized spacial score (nSPS) is 19.8. The molecule has 9 rings (SSSR count). The first kappa shape index (κ1) is 26.0. The van der Waals surface area contributed by atoms with Gasteiger partial charge in [0, 0.05) is 79.1 Å². The lowest BCUT2D eigenvalue weighted by Gasteiger charge is -2.56. The molecule has 0 radical (unpaired) electrons. The number of halogens is 1. The number of aromatic amines is 1. The average molecular weight is 578 g/mol. The monoisotopic (exact) mass is 577 g/mol. The van der Waals surface area contributed by atoms with Crippen LogP contribution < -0.4 is 10.2 Å². The zero-order valence-corrected chi connectivity index (χ0v) is 24.1. The van der Waals surface area contributed by atoms with Crippen LogP contribution in [0.2, 0.25) is 0 Å². The molecule has 11 nitrogen and oxygen atoms in total. The second kappa shape index (κ2) is 10.2. The number of aromatic nitrogens is 8. The first-order chi connectivity index (χ1) is 21.0. The Morgan fingerprint density at radius 3 is 2.44 bits per heavy atom. The minimum Gasteiger partial charge on any atom is -0.353 e. The second-order valence-corrected chi connectivity index (χ2v) is 11.9. The molecule has 5 aromatic heterocycles. The highest BCUT2D eigenvalue weighted by Crippen LogP contribution is 2.42. The fourth-order valence-corrected chi connectivity index (χ4v) is 6.30. The van der Waals surface area contributed by atoms with Gasteiger partial charge in [0.2, 0.25) is 0 Å². The van der Waals surface area contributed by atoms with Crippen molar-refractivity contribution in [3.63, 3.8) is 0 Å². The SMILES string of the molecule is Cc1cc(Nc2cc(C)[nH]n2)nc(-c2ccc(N3CC4CC(C3)N4Cc3ccc(-n4ncc(F)c4C4CC4)nc3)nc2)n1. The summed E-state index contributed by atoms with van der Waals surface area (Å²) in [5, 5.41) is 14.6. The Hall–Kier alpha value is -4.71. The smallest absolute Gasteiger partial charge is 0.165 e. The summed E-state index contributed by atoms with van der Waals surface area (Å²) in [5.41, 5.74) is 4.53. The maximum atomic E-state index is 14.2. The molecule has 4 aliphatic rings. The lowest BCUT2D eigenvalue weighted by atomic mass is 9.87. The summed E-state index contributed by atoms with van der Waals surface area (Å²) < 4.78 is 15.9. The molecule has 2 atom stereocenters. The molecule has 0 amide bonds. The second-order valence-electron chi connectivity index (χ2n) is 11.9. The third-order valence-electron chi connectivity index (χ3n) is 8.61. The average Bonchev–Trinajstić information content (AvgIpc) is 3.66. The summed E-state index contributed by atoms with van der Waals surface area (Å²) in [4.78, 5) is 23.7. The maximum absolute atomic E-state index is 14.2. The molecule has 3 saturated heterocycles. The van der Waals surface area contributed by atoms with Crippen LogP contribution in [0.5, 0.6) is 0 Å². The van der Waals surface area contributed by atoms with Gasteiger partial charge in [-0.25, -0.2) is 29.0 Å². The molecule has 0 aromatic carbocycles. The number of pyridine rings is 2. The largest absolute Gasteiger partial charge is 0.353 e. The third kappa shape index (κ3) is 5.01. The first-order valence-corrected chi connectivity index (χ1v) is 14.8. The molecule has 2 unspecified atom stereocenters. The predicted octanol–water partition coefficient (Wildman–Crippen LogP) is 4.68. The van der Waals surface area contributed by atoms with Crippen LogP contribution in [0.15, 0.2) is 55.0 Å². The van der Waals surface area contributed by atoms with E-state index in [0.717, 1.165) is 66.6 Å². The molecule has 8 heterocycles. The lowest BCUT2D eigenvalue weighted by Crippen LogP contribution is -2.68. The fraction of sp³-hybridized carbons (Fsp3) is 0.355. The van der Waals surface area contributed by atoms with Crippen LogP contribution in [0.4, 0.5) is 21.8 Å². The van der Waals surface area contributed by atoms with E-state index in [1.165, 1.54) is 12.6 Å². The number of rotatable bonds is 8. The fourth-order valence-electron chi connectivity index (χ4n) is 6.30. The maximum Gasteiger partial charge on any atom is 0.165 e. The Kier molecular flexibility index (Phi) is 6.17. The Balaban J connectivity index is 0.908. The Morgan fingerprint density at radius 1 is 0.930 bits per heavy atom. The number of anilines is 3. The van der Waals surface area contributed by atoms with E-state index in [4.69, 9.17) is 9.97 Å². The molecule has 3 aliphatic heterocycles. The van der Waals surface area contributed by atoms with Gasteiger partial charge < -0.3 is 10.2 Å². The van der Waals surface area contributed by atoms with Crippen molar-refractivity contribution < 1.29 is 4.39 Å². The van der Waals surface area contributed by atoms with Gasteiger partial charge in [0.05, 0.1) is 11.9 Å². The van der Waals surface area contributed by atoms with Crippen LogP contribution in [0.3, 0.4) is 0 Å². The summed E-state index contributed by atoms with van der Waals surface area (Å²) in [7, 11) is 0. The minimum atomic E-state index is -0.235. The summed E-state index contributed by atoms with van der Waals surface area (Å²) in [5.74, 6) is 3.72. The summed E-state index contributed by atoms with van der Waals surface area (Å²) in [6, 6.07) is 12.9. The van der Waals surface area contributed by atoms with Crippen LogP contribution in [0.25, 0.3) is 17.2 Å². The lowest BCUT2D eigenvalue weighted by molar-refractivity contribution is -0.00875. The highest BCUT2D eigenvalue weighted by molar-refractivity contribution is 5.61. The Labute approximate surface area is 248 Å². The van der Waals surface area contributed by atoms with E-state index in [2.05, 4.69) is 52.5 Å². The van der Waals surface area contributed by atoms with E-state index in [1.54, 1.807) is 4.68 Å². The zero-order valence-electron chi connectivity index (χ0n) is 24.1. The molecular formula is C31H32FN11. The molecular weight excluding hydrogens is 545 g/mol. The Morgan fingerprint density at radius 2 is 1.74 bits per heavy atom. The van der Waals surface area contributed by atoms with E-state index < -0.39 is 0 Å². The van der Waals surface area contributed by atoms with Crippen molar-refractivity contribution in [1.29, 1.82) is 0 Å². The zero-order chi connectivity index (χ0) is 29.1. The van der Waals surface area contributed by atoms with Gasteiger partial charge in [0.15, 0.2) is 23.3 Å². The number of hydrogen-bond donors (Lipinski definition) is 2. The first-order valence-electron chi connectivity index (χ1n) is 14.8. The number of fused-ring (bicyclic) bond motifs is 2. The van der Waals surface area contributed by atoms with Crippen LogP contribution in [-0.2, 0) is 6.54 Å². The summed E-state index contributed by atoms with van der Waals surface area (Å²) >= 11 is 0. The molecule has 1 saturated carbocycles. The van der Waals surface area contributed by atoms with Crippen molar-refractivity contribution in [1.82, 2.24) is 44.8 Å². The predicted molar refractivity (Wildman–Crippen MR) is 160 cm³/mol. The van der Waals surface area contributed by atoms with E-state index in [0.29, 0.717) is 35.2 Å². The highest BCUT2D eigenvalue weighted by atomic mass is 19.1. The number of aryl methyl sites for hydroxylation is 2. The molecule has 218 valence electrons. The van der Waals surface area contributed by atoms with E-state index in [-0.39, 0.29) is 11.7 Å². The topological polar surface area (TPSA) is 117 Å². The van der Waals surface area contributed by atoms with Gasteiger partial charge in [-0.2, -0.15) is 10.2 Å². The van der Waals surface area contributed by atoms with E-state index >= 15 is 0 Å². The molecule has 5 aromatic rings. The number of piperazine rings is 1. The summed E-state index contributed by atoms with van der Waals surface area (Å²) in [6.45, 7) is 6.63. The van der Waals surface area contributed by atoms with Crippen molar-refractivity contribution in [3.05, 3.63) is 83.5 Å². The standard InChI is InChI=1S/C31H32FN11/c1-18-9-26(37-27-10-19(2)39-40-27)38-31(36-18)22-6-8-28(34-13-22)41-16-23-11-24(17-41)42(23)15-20-3-7-29(33-12-20)43-30(21-4-5-21)25(32)14-35-43/h3,6-10,12-14,21,23-24H,4-5,11,15-17H2,1-2H3,(H2,36,37,38,39,40).